The number of carboxylic acids is 1. The molecule has 0 saturated heterocycles. The number of ether oxygens (including phenoxy) is 3. The molecule has 0 bridgehead atoms. The van der Waals surface area contributed by atoms with Crippen LogP contribution in [-0.2, 0) is 16.1 Å². The van der Waals surface area contributed by atoms with E-state index in [0.717, 1.165) is 5.56 Å². The zero-order valence-corrected chi connectivity index (χ0v) is 17.5. The molecule has 0 radical (unpaired) electrons. The van der Waals surface area contributed by atoms with Crippen LogP contribution in [-0.4, -0.2) is 30.9 Å². The summed E-state index contributed by atoms with van der Waals surface area (Å²) in [7, 11) is 1.56. The van der Waals surface area contributed by atoms with Gasteiger partial charge in [0.2, 0.25) is 0 Å². The average molecular weight is 433 g/mol. The van der Waals surface area contributed by atoms with Crippen LogP contribution in [0, 0.1) is 0 Å². The molecule has 3 rings (SSSR count). The molecule has 0 saturated carbocycles. The molecule has 1 amide bonds. The number of hydrogen-bond donors (Lipinski definition) is 2. The van der Waals surface area contributed by atoms with Gasteiger partial charge in [0.15, 0.2) is 6.79 Å². The Labute approximate surface area is 185 Å². The van der Waals surface area contributed by atoms with Crippen LogP contribution in [0.3, 0.4) is 0 Å². The van der Waals surface area contributed by atoms with Crippen molar-refractivity contribution in [2.24, 2.45) is 0 Å². The van der Waals surface area contributed by atoms with E-state index in [1.54, 1.807) is 61.7 Å². The molecule has 0 heterocycles. The molecule has 0 fully saturated rings. The molecule has 32 heavy (non-hydrogen) atoms. The molecule has 0 unspecified atom stereocenters. The first-order valence-corrected chi connectivity index (χ1v) is 9.80. The number of hydrogen-bond acceptors (Lipinski definition) is 5. The molecule has 3 aromatic rings. The molecule has 0 aromatic heterocycles. The van der Waals surface area contributed by atoms with Crippen molar-refractivity contribution in [2.75, 3.05) is 13.9 Å². The van der Waals surface area contributed by atoms with Gasteiger partial charge >= 0.3 is 5.97 Å². The minimum absolute atomic E-state index is 0.170. The van der Waals surface area contributed by atoms with E-state index in [-0.39, 0.29) is 12.5 Å². The number of carboxylic acid groups (broad SMARTS) is 1. The summed E-state index contributed by atoms with van der Waals surface area (Å²) in [5.41, 5.74) is 1.69. The molecule has 3 aromatic carbocycles. The van der Waals surface area contributed by atoms with Crippen LogP contribution >= 0.6 is 0 Å². The van der Waals surface area contributed by atoms with Gasteiger partial charge in [-0.25, -0.2) is 4.79 Å². The Kier molecular flexibility index (Phi) is 8.00. The normalized spacial score (nSPS) is 11.0. The molecule has 7 heteroatoms. The number of nitrogens with one attached hydrogen (secondary N) is 1. The van der Waals surface area contributed by atoms with E-state index in [9.17, 15) is 14.7 Å². The summed E-state index contributed by atoms with van der Waals surface area (Å²) in [6.45, 7) is 0.510. The number of carbonyl (C=O) groups excluding carboxylic acids is 1. The lowest BCUT2D eigenvalue weighted by atomic mass is 10.1. The summed E-state index contributed by atoms with van der Waals surface area (Å²) in [5, 5.41) is 11.9. The highest BCUT2D eigenvalue weighted by Gasteiger charge is 2.13. The number of rotatable bonds is 10. The van der Waals surface area contributed by atoms with E-state index < -0.39 is 11.9 Å². The van der Waals surface area contributed by atoms with E-state index in [1.807, 2.05) is 24.3 Å². The zero-order valence-electron chi connectivity index (χ0n) is 17.5. The summed E-state index contributed by atoms with van der Waals surface area (Å²) < 4.78 is 16.1. The molecule has 7 nitrogen and oxygen atoms in total. The van der Waals surface area contributed by atoms with E-state index in [2.05, 4.69) is 5.32 Å². The van der Waals surface area contributed by atoms with Crippen LogP contribution < -0.4 is 14.8 Å². The summed E-state index contributed by atoms with van der Waals surface area (Å²) in [6, 6.07) is 22.8. The zero-order chi connectivity index (χ0) is 22.8. The van der Waals surface area contributed by atoms with E-state index >= 15 is 0 Å². The first-order valence-electron chi connectivity index (χ1n) is 9.80. The molecule has 0 spiro atoms. The molecule has 0 aliphatic rings. The Morgan fingerprint density at radius 2 is 1.66 bits per heavy atom. The van der Waals surface area contributed by atoms with Crippen molar-refractivity contribution < 1.29 is 28.9 Å². The fraction of sp³-hybridized carbons (Fsp3) is 0.120. The van der Waals surface area contributed by atoms with Crippen molar-refractivity contribution in [2.45, 2.75) is 6.61 Å². The minimum Gasteiger partial charge on any atom is -0.489 e. The first kappa shape index (κ1) is 22.6. The van der Waals surface area contributed by atoms with Gasteiger partial charge in [-0.05, 0) is 53.6 Å². The average Bonchev–Trinajstić information content (AvgIpc) is 2.82. The van der Waals surface area contributed by atoms with Crippen LogP contribution in [0.5, 0.6) is 11.5 Å². The van der Waals surface area contributed by atoms with Gasteiger partial charge in [-0.2, -0.15) is 0 Å². The summed E-state index contributed by atoms with van der Waals surface area (Å²) in [6.07, 6.45) is 1.39. The highest BCUT2D eigenvalue weighted by atomic mass is 16.7. The van der Waals surface area contributed by atoms with Gasteiger partial charge in [-0.1, -0.05) is 42.5 Å². The van der Waals surface area contributed by atoms with E-state index in [1.165, 1.54) is 6.08 Å². The van der Waals surface area contributed by atoms with Crippen molar-refractivity contribution in [1.82, 2.24) is 5.32 Å². The second-order valence-corrected chi connectivity index (χ2v) is 6.74. The molecule has 0 aliphatic carbocycles. The van der Waals surface area contributed by atoms with Gasteiger partial charge < -0.3 is 24.6 Å². The van der Waals surface area contributed by atoms with Crippen LogP contribution in [0.2, 0.25) is 0 Å². The maximum atomic E-state index is 12.3. The molecule has 164 valence electrons. The molecule has 0 atom stereocenters. The molecular weight excluding hydrogens is 410 g/mol. The minimum atomic E-state index is -1.23. The predicted molar refractivity (Wildman–Crippen MR) is 119 cm³/mol. The van der Waals surface area contributed by atoms with Crippen molar-refractivity contribution in [1.29, 1.82) is 0 Å². The second-order valence-electron chi connectivity index (χ2n) is 6.74. The summed E-state index contributed by atoms with van der Waals surface area (Å²) in [5.74, 6) is -0.413. The highest BCUT2D eigenvalue weighted by molar-refractivity contribution is 6.02. The van der Waals surface area contributed by atoms with Gasteiger partial charge in [0.25, 0.3) is 5.91 Å². The van der Waals surface area contributed by atoms with Crippen molar-refractivity contribution >= 4 is 18.0 Å². The fourth-order valence-corrected chi connectivity index (χ4v) is 2.78. The summed E-state index contributed by atoms with van der Waals surface area (Å²) in [4.78, 5) is 23.8. The lowest BCUT2D eigenvalue weighted by molar-refractivity contribution is -0.132. The van der Waals surface area contributed by atoms with Gasteiger partial charge in [-0.3, -0.25) is 4.79 Å². The van der Waals surface area contributed by atoms with Crippen molar-refractivity contribution in [3.05, 3.63) is 101 Å². The van der Waals surface area contributed by atoms with Crippen LogP contribution in [0.1, 0.15) is 21.5 Å². The number of amides is 1. The number of benzene rings is 3. The topological polar surface area (TPSA) is 94.1 Å². The third-order valence-electron chi connectivity index (χ3n) is 4.35. The third kappa shape index (κ3) is 6.72. The highest BCUT2D eigenvalue weighted by Crippen LogP contribution is 2.18. The number of methoxy groups -OCH3 is 1. The van der Waals surface area contributed by atoms with Gasteiger partial charge in [0.1, 0.15) is 23.8 Å². The van der Waals surface area contributed by atoms with E-state index in [4.69, 9.17) is 14.2 Å². The predicted octanol–water partition coefficient (Wildman–Crippen LogP) is 4.10. The van der Waals surface area contributed by atoms with Crippen molar-refractivity contribution in [3.8, 4) is 11.5 Å². The standard InChI is InChI=1S/C25H23NO6/c1-30-17-32-22-9-5-6-19(14-22)16-31-21-12-10-18(11-13-21)15-23(25(28)29)26-24(27)20-7-3-2-4-8-20/h2-15H,16-17H2,1H3,(H,26,27)(H,28,29)/b23-15-. The van der Waals surface area contributed by atoms with Gasteiger partial charge in [0.05, 0.1) is 0 Å². The quantitative estimate of drug-likeness (QED) is 0.369. The van der Waals surface area contributed by atoms with Crippen molar-refractivity contribution in [3.63, 3.8) is 0 Å². The molecular formula is C25H23NO6. The Morgan fingerprint density at radius 3 is 2.34 bits per heavy atom. The number of carbonyl (C=O) groups is 2. The van der Waals surface area contributed by atoms with Crippen LogP contribution in [0.25, 0.3) is 6.08 Å². The SMILES string of the molecule is COCOc1cccc(COc2ccc(/C=C(\NC(=O)c3ccccc3)C(=O)O)cc2)c1. The maximum absolute atomic E-state index is 12.3. The second kappa shape index (κ2) is 11.3. The Balaban J connectivity index is 1.63. The van der Waals surface area contributed by atoms with Gasteiger partial charge in [0, 0.05) is 12.7 Å². The van der Waals surface area contributed by atoms with E-state index in [0.29, 0.717) is 29.2 Å². The monoisotopic (exact) mass is 433 g/mol. The lowest BCUT2D eigenvalue weighted by Crippen LogP contribution is -2.27. The number of aliphatic carboxylic acids is 1. The fourth-order valence-electron chi connectivity index (χ4n) is 2.78. The Bertz CT molecular complexity index is 1080. The largest absolute Gasteiger partial charge is 0.489 e. The maximum Gasteiger partial charge on any atom is 0.352 e. The van der Waals surface area contributed by atoms with Crippen LogP contribution in [0.4, 0.5) is 0 Å². The summed E-state index contributed by atoms with van der Waals surface area (Å²) >= 11 is 0. The molecule has 0 aliphatic heterocycles. The first-order chi connectivity index (χ1) is 15.5. The third-order valence-corrected chi connectivity index (χ3v) is 4.35. The molecule has 2 N–H and O–H groups in total. The van der Waals surface area contributed by atoms with Gasteiger partial charge in [-0.15, -0.1) is 0 Å². The van der Waals surface area contributed by atoms with Crippen LogP contribution in [0.15, 0.2) is 84.6 Å². The Hall–Kier alpha value is -4.10. The lowest BCUT2D eigenvalue weighted by Gasteiger charge is -2.09. The Morgan fingerprint density at radius 1 is 0.906 bits per heavy atom. The smallest absolute Gasteiger partial charge is 0.352 e.